The second-order valence-electron chi connectivity index (χ2n) is 2.21. The highest BCUT2D eigenvalue weighted by Crippen LogP contribution is 2.09. The summed E-state index contributed by atoms with van der Waals surface area (Å²) in [5.41, 5.74) is 0. The standard InChI is InChI=1S/C6H10N2O2/c1-5(4-9)8-3-6(10)2-7-8/h2-3,5,9-10H,4H2,1H3. The fourth-order valence-corrected chi connectivity index (χ4v) is 0.653. The van der Waals surface area contributed by atoms with Gasteiger partial charge in [0.05, 0.1) is 25.0 Å². The summed E-state index contributed by atoms with van der Waals surface area (Å²) in [6, 6.07) is -0.0686. The van der Waals surface area contributed by atoms with Crippen LogP contribution in [0.15, 0.2) is 12.4 Å². The zero-order valence-corrected chi connectivity index (χ0v) is 5.73. The topological polar surface area (TPSA) is 58.3 Å². The molecule has 0 aliphatic carbocycles. The van der Waals surface area contributed by atoms with Crippen LogP contribution in [0.3, 0.4) is 0 Å². The van der Waals surface area contributed by atoms with Gasteiger partial charge in [0, 0.05) is 0 Å². The number of aliphatic hydroxyl groups is 1. The summed E-state index contributed by atoms with van der Waals surface area (Å²) < 4.78 is 1.51. The molecule has 0 aliphatic rings. The first kappa shape index (κ1) is 7.08. The molecule has 0 saturated heterocycles. The molecule has 10 heavy (non-hydrogen) atoms. The highest BCUT2D eigenvalue weighted by atomic mass is 16.3. The van der Waals surface area contributed by atoms with Crippen molar-refractivity contribution in [2.75, 3.05) is 6.61 Å². The lowest BCUT2D eigenvalue weighted by Crippen LogP contribution is -2.08. The largest absolute Gasteiger partial charge is 0.505 e. The number of nitrogens with zero attached hydrogens (tertiary/aromatic N) is 2. The van der Waals surface area contributed by atoms with Gasteiger partial charge in [0.15, 0.2) is 5.75 Å². The molecule has 56 valence electrons. The van der Waals surface area contributed by atoms with Gasteiger partial charge in [-0.05, 0) is 6.92 Å². The van der Waals surface area contributed by atoms with Crippen LogP contribution in [0.5, 0.6) is 5.75 Å². The lowest BCUT2D eigenvalue weighted by Gasteiger charge is -2.05. The lowest BCUT2D eigenvalue weighted by molar-refractivity contribution is 0.229. The lowest BCUT2D eigenvalue weighted by atomic mass is 10.4. The van der Waals surface area contributed by atoms with Crippen molar-refractivity contribution in [2.45, 2.75) is 13.0 Å². The van der Waals surface area contributed by atoms with E-state index in [9.17, 15) is 0 Å². The summed E-state index contributed by atoms with van der Waals surface area (Å²) in [5, 5.41) is 21.3. The van der Waals surface area contributed by atoms with Gasteiger partial charge in [-0.1, -0.05) is 0 Å². The fraction of sp³-hybridized carbons (Fsp3) is 0.500. The number of aliphatic hydroxyl groups excluding tert-OH is 1. The fourth-order valence-electron chi connectivity index (χ4n) is 0.653. The molecule has 0 aromatic carbocycles. The molecule has 0 radical (unpaired) electrons. The van der Waals surface area contributed by atoms with Gasteiger partial charge in [0.1, 0.15) is 0 Å². The summed E-state index contributed by atoms with van der Waals surface area (Å²) in [7, 11) is 0. The van der Waals surface area contributed by atoms with E-state index in [1.807, 2.05) is 6.92 Å². The van der Waals surface area contributed by atoms with Gasteiger partial charge in [0.25, 0.3) is 0 Å². The Morgan fingerprint density at radius 1 is 1.80 bits per heavy atom. The monoisotopic (exact) mass is 142 g/mol. The SMILES string of the molecule is CC(CO)n1cc(O)cn1. The highest BCUT2D eigenvalue weighted by molar-refractivity contribution is 5.08. The van der Waals surface area contributed by atoms with Gasteiger partial charge >= 0.3 is 0 Å². The Hall–Kier alpha value is -1.03. The first-order valence-electron chi connectivity index (χ1n) is 3.08. The summed E-state index contributed by atoms with van der Waals surface area (Å²) in [6.45, 7) is 1.84. The molecule has 1 unspecified atom stereocenters. The zero-order chi connectivity index (χ0) is 7.56. The summed E-state index contributed by atoms with van der Waals surface area (Å²) >= 11 is 0. The Bertz CT molecular complexity index is 209. The average molecular weight is 142 g/mol. The molecule has 1 atom stereocenters. The van der Waals surface area contributed by atoms with Crippen LogP contribution in [0.25, 0.3) is 0 Å². The minimum atomic E-state index is -0.0686. The van der Waals surface area contributed by atoms with Gasteiger partial charge in [0.2, 0.25) is 0 Å². The third kappa shape index (κ3) is 1.27. The Labute approximate surface area is 58.7 Å². The van der Waals surface area contributed by atoms with E-state index >= 15 is 0 Å². The maximum absolute atomic E-state index is 8.83. The number of rotatable bonds is 2. The molecule has 0 saturated carbocycles. The molecule has 1 rings (SSSR count). The van der Waals surface area contributed by atoms with Crippen LogP contribution in [0, 0.1) is 0 Å². The summed E-state index contributed by atoms with van der Waals surface area (Å²) in [4.78, 5) is 0. The zero-order valence-electron chi connectivity index (χ0n) is 5.73. The Morgan fingerprint density at radius 2 is 2.50 bits per heavy atom. The third-order valence-electron chi connectivity index (χ3n) is 1.30. The molecule has 1 aromatic heterocycles. The van der Waals surface area contributed by atoms with Crippen LogP contribution in [-0.4, -0.2) is 26.6 Å². The Morgan fingerprint density at radius 3 is 2.90 bits per heavy atom. The molecule has 4 nitrogen and oxygen atoms in total. The maximum Gasteiger partial charge on any atom is 0.153 e. The Kier molecular flexibility index (Phi) is 1.91. The van der Waals surface area contributed by atoms with Gasteiger partial charge in [-0.2, -0.15) is 5.10 Å². The minimum absolute atomic E-state index is 0.0289. The van der Waals surface area contributed by atoms with Crippen molar-refractivity contribution >= 4 is 0 Å². The van der Waals surface area contributed by atoms with Gasteiger partial charge < -0.3 is 10.2 Å². The van der Waals surface area contributed by atoms with Crippen molar-refractivity contribution < 1.29 is 10.2 Å². The quantitative estimate of drug-likeness (QED) is 0.617. The highest BCUT2D eigenvalue weighted by Gasteiger charge is 2.02. The number of aromatic hydroxyl groups is 1. The second-order valence-corrected chi connectivity index (χ2v) is 2.21. The summed E-state index contributed by atoms with van der Waals surface area (Å²) in [5.74, 6) is 0.125. The smallest absolute Gasteiger partial charge is 0.153 e. The van der Waals surface area contributed by atoms with Gasteiger partial charge in [-0.3, -0.25) is 4.68 Å². The second kappa shape index (κ2) is 2.70. The average Bonchev–Trinajstić information content (AvgIpc) is 2.34. The van der Waals surface area contributed by atoms with Crippen molar-refractivity contribution in [2.24, 2.45) is 0 Å². The van der Waals surface area contributed by atoms with Crippen molar-refractivity contribution in [1.29, 1.82) is 0 Å². The number of aromatic nitrogens is 2. The van der Waals surface area contributed by atoms with E-state index in [1.54, 1.807) is 0 Å². The van der Waals surface area contributed by atoms with Crippen LogP contribution in [0.4, 0.5) is 0 Å². The molecule has 0 amide bonds. The van der Waals surface area contributed by atoms with E-state index in [1.165, 1.54) is 17.1 Å². The van der Waals surface area contributed by atoms with Crippen LogP contribution < -0.4 is 0 Å². The molecule has 0 bridgehead atoms. The van der Waals surface area contributed by atoms with E-state index in [2.05, 4.69) is 5.10 Å². The first-order chi connectivity index (χ1) is 4.74. The van der Waals surface area contributed by atoms with E-state index in [4.69, 9.17) is 10.2 Å². The first-order valence-corrected chi connectivity index (χ1v) is 3.08. The molecule has 0 aliphatic heterocycles. The van der Waals surface area contributed by atoms with E-state index < -0.39 is 0 Å². The van der Waals surface area contributed by atoms with Crippen LogP contribution >= 0.6 is 0 Å². The van der Waals surface area contributed by atoms with Gasteiger partial charge in [-0.25, -0.2) is 0 Å². The molecule has 0 spiro atoms. The van der Waals surface area contributed by atoms with Crippen molar-refractivity contribution in [1.82, 2.24) is 9.78 Å². The summed E-state index contributed by atoms with van der Waals surface area (Å²) in [6.07, 6.45) is 2.81. The molecular formula is C6H10N2O2. The third-order valence-corrected chi connectivity index (χ3v) is 1.30. The minimum Gasteiger partial charge on any atom is -0.505 e. The van der Waals surface area contributed by atoms with Crippen LogP contribution in [-0.2, 0) is 0 Å². The number of hydrogen-bond acceptors (Lipinski definition) is 3. The van der Waals surface area contributed by atoms with Crippen molar-refractivity contribution in [3.8, 4) is 5.75 Å². The molecular weight excluding hydrogens is 132 g/mol. The maximum atomic E-state index is 8.83. The van der Waals surface area contributed by atoms with E-state index in [0.717, 1.165) is 0 Å². The van der Waals surface area contributed by atoms with Gasteiger partial charge in [-0.15, -0.1) is 0 Å². The van der Waals surface area contributed by atoms with Crippen molar-refractivity contribution in [3.63, 3.8) is 0 Å². The van der Waals surface area contributed by atoms with E-state index in [0.29, 0.717) is 0 Å². The number of hydrogen-bond donors (Lipinski definition) is 2. The molecule has 1 heterocycles. The molecule has 2 N–H and O–H groups in total. The predicted molar refractivity (Wildman–Crippen MR) is 35.7 cm³/mol. The molecule has 0 fully saturated rings. The van der Waals surface area contributed by atoms with Crippen molar-refractivity contribution in [3.05, 3.63) is 12.4 Å². The molecule has 4 heteroatoms. The van der Waals surface area contributed by atoms with Crippen LogP contribution in [0.2, 0.25) is 0 Å². The Balaban J connectivity index is 2.74. The molecule has 1 aromatic rings. The predicted octanol–water partition coefficient (Wildman–Crippen LogP) is 0.142. The van der Waals surface area contributed by atoms with E-state index in [-0.39, 0.29) is 18.4 Å². The van der Waals surface area contributed by atoms with Crippen LogP contribution in [0.1, 0.15) is 13.0 Å². The normalized spacial score (nSPS) is 13.4.